The highest BCUT2D eigenvalue weighted by atomic mass is 19.1. The van der Waals surface area contributed by atoms with Gasteiger partial charge in [0.15, 0.2) is 0 Å². The number of amides is 1. The third-order valence-corrected chi connectivity index (χ3v) is 6.15. The summed E-state index contributed by atoms with van der Waals surface area (Å²) in [6, 6.07) is 6.68. The lowest BCUT2D eigenvalue weighted by atomic mass is 9.71. The predicted octanol–water partition coefficient (Wildman–Crippen LogP) is 1.91. The Kier molecular flexibility index (Phi) is 5.25. The Balaban J connectivity index is 1.50. The molecule has 0 N–H and O–H groups in total. The summed E-state index contributed by atoms with van der Waals surface area (Å²) < 4.78 is 24.2. The van der Waals surface area contributed by atoms with Gasteiger partial charge in [0, 0.05) is 51.4 Å². The predicted molar refractivity (Wildman–Crippen MR) is 95.1 cm³/mol. The first-order valence-electron chi connectivity index (χ1n) is 9.57. The van der Waals surface area contributed by atoms with Gasteiger partial charge in [-0.1, -0.05) is 12.1 Å². The van der Waals surface area contributed by atoms with Gasteiger partial charge in [-0.15, -0.1) is 0 Å². The van der Waals surface area contributed by atoms with Crippen LogP contribution in [0.3, 0.4) is 0 Å². The van der Waals surface area contributed by atoms with E-state index in [-0.39, 0.29) is 23.1 Å². The van der Waals surface area contributed by atoms with Gasteiger partial charge in [-0.2, -0.15) is 0 Å². The number of halogens is 1. The largest absolute Gasteiger partial charge is 0.381 e. The van der Waals surface area contributed by atoms with E-state index >= 15 is 0 Å². The minimum atomic E-state index is -0.212. The van der Waals surface area contributed by atoms with E-state index in [1.807, 2.05) is 17.0 Å². The second-order valence-corrected chi connectivity index (χ2v) is 7.76. The number of carbonyl (C=O) groups excluding carboxylic acids is 1. The summed E-state index contributed by atoms with van der Waals surface area (Å²) in [4.78, 5) is 17.6. The van der Waals surface area contributed by atoms with Crippen LogP contribution in [-0.4, -0.2) is 68.3 Å². The number of benzene rings is 1. The molecule has 0 unspecified atom stereocenters. The number of ether oxygens (including phenoxy) is 2. The highest BCUT2D eigenvalue weighted by molar-refractivity contribution is 5.80. The molecule has 0 aliphatic carbocycles. The highest BCUT2D eigenvalue weighted by Gasteiger charge is 2.51. The molecular formula is C20H27FN2O3. The molecule has 3 saturated heterocycles. The van der Waals surface area contributed by atoms with Gasteiger partial charge in [0.25, 0.3) is 0 Å². The molecular weight excluding hydrogens is 335 g/mol. The zero-order valence-corrected chi connectivity index (χ0v) is 15.2. The SMILES string of the molecule is O=C([C@@H]1CN(Cc2ccc(F)cc2)CC12CCOCC2)N1CCOCC1. The minimum absolute atomic E-state index is 0.00761. The van der Waals surface area contributed by atoms with Crippen LogP contribution in [-0.2, 0) is 20.8 Å². The number of morpholine rings is 1. The monoisotopic (exact) mass is 362 g/mol. The molecule has 4 rings (SSSR count). The highest BCUT2D eigenvalue weighted by Crippen LogP contribution is 2.45. The number of hydrogen-bond acceptors (Lipinski definition) is 4. The standard InChI is InChI=1S/C20H27FN2O3/c21-17-3-1-16(2-4-17)13-22-14-18(19(24)23-7-11-26-12-8-23)20(15-22)5-9-25-10-6-20/h1-4,18H,5-15H2/t18-/m0/s1. The summed E-state index contributed by atoms with van der Waals surface area (Å²) in [5.41, 5.74) is 1.10. The molecule has 3 aliphatic rings. The molecule has 142 valence electrons. The van der Waals surface area contributed by atoms with Crippen molar-refractivity contribution < 1.29 is 18.7 Å². The molecule has 1 aromatic rings. The van der Waals surface area contributed by atoms with Gasteiger partial charge < -0.3 is 14.4 Å². The Hall–Kier alpha value is -1.50. The molecule has 3 heterocycles. The van der Waals surface area contributed by atoms with Crippen LogP contribution in [0.15, 0.2) is 24.3 Å². The van der Waals surface area contributed by atoms with Crippen LogP contribution in [0.5, 0.6) is 0 Å². The summed E-state index contributed by atoms with van der Waals surface area (Å²) in [5.74, 6) is 0.0817. The fourth-order valence-electron chi connectivity index (χ4n) is 4.67. The van der Waals surface area contributed by atoms with Gasteiger partial charge in [-0.05, 0) is 30.5 Å². The number of hydrogen-bond donors (Lipinski definition) is 0. The van der Waals surface area contributed by atoms with Crippen LogP contribution in [0.1, 0.15) is 18.4 Å². The fraction of sp³-hybridized carbons (Fsp3) is 0.650. The van der Waals surface area contributed by atoms with Crippen LogP contribution in [0.25, 0.3) is 0 Å². The van der Waals surface area contributed by atoms with E-state index in [2.05, 4.69) is 4.90 Å². The maximum atomic E-state index is 13.3. The maximum Gasteiger partial charge on any atom is 0.227 e. The summed E-state index contributed by atoms with van der Waals surface area (Å²) in [6.45, 7) is 6.56. The van der Waals surface area contributed by atoms with Gasteiger partial charge in [-0.25, -0.2) is 4.39 Å². The van der Waals surface area contributed by atoms with Crippen molar-refractivity contribution in [2.75, 3.05) is 52.6 Å². The van der Waals surface area contributed by atoms with Crippen molar-refractivity contribution in [1.29, 1.82) is 0 Å². The fourth-order valence-corrected chi connectivity index (χ4v) is 4.67. The van der Waals surface area contributed by atoms with Gasteiger partial charge in [0.2, 0.25) is 5.91 Å². The summed E-state index contributed by atoms with van der Waals surface area (Å²) in [6.07, 6.45) is 1.88. The van der Waals surface area contributed by atoms with E-state index in [1.54, 1.807) is 0 Å². The molecule has 5 nitrogen and oxygen atoms in total. The number of rotatable bonds is 3. The first kappa shape index (κ1) is 17.9. The smallest absolute Gasteiger partial charge is 0.227 e. The van der Waals surface area contributed by atoms with Crippen LogP contribution in [0.4, 0.5) is 4.39 Å². The van der Waals surface area contributed by atoms with Crippen molar-refractivity contribution >= 4 is 5.91 Å². The maximum absolute atomic E-state index is 13.3. The van der Waals surface area contributed by atoms with E-state index in [1.165, 1.54) is 12.1 Å². The molecule has 3 aliphatic heterocycles. The minimum Gasteiger partial charge on any atom is -0.381 e. The lowest BCUT2D eigenvalue weighted by Gasteiger charge is -2.40. The van der Waals surface area contributed by atoms with Crippen molar-refractivity contribution in [3.8, 4) is 0 Å². The zero-order chi connectivity index (χ0) is 18.0. The number of carbonyl (C=O) groups is 1. The molecule has 6 heteroatoms. The van der Waals surface area contributed by atoms with E-state index in [4.69, 9.17) is 9.47 Å². The van der Waals surface area contributed by atoms with Gasteiger partial charge >= 0.3 is 0 Å². The summed E-state index contributed by atoms with van der Waals surface area (Å²) in [7, 11) is 0. The van der Waals surface area contributed by atoms with E-state index in [9.17, 15) is 9.18 Å². The third kappa shape index (κ3) is 3.63. The lowest BCUT2D eigenvalue weighted by molar-refractivity contribution is -0.144. The van der Waals surface area contributed by atoms with E-state index < -0.39 is 0 Å². The van der Waals surface area contributed by atoms with Crippen LogP contribution in [0.2, 0.25) is 0 Å². The zero-order valence-electron chi connectivity index (χ0n) is 15.2. The molecule has 0 aromatic heterocycles. The average Bonchev–Trinajstić information content (AvgIpc) is 3.01. The molecule has 1 amide bonds. The molecule has 3 fully saturated rings. The van der Waals surface area contributed by atoms with Crippen molar-refractivity contribution in [3.63, 3.8) is 0 Å². The van der Waals surface area contributed by atoms with Gasteiger partial charge in [0.1, 0.15) is 5.82 Å². The lowest BCUT2D eigenvalue weighted by Crippen LogP contribution is -2.49. The first-order valence-corrected chi connectivity index (χ1v) is 9.57. The van der Waals surface area contributed by atoms with Gasteiger partial charge in [-0.3, -0.25) is 9.69 Å². The molecule has 0 radical (unpaired) electrons. The summed E-state index contributed by atoms with van der Waals surface area (Å²) >= 11 is 0. The molecule has 0 bridgehead atoms. The first-order chi connectivity index (χ1) is 12.7. The van der Waals surface area contributed by atoms with Crippen LogP contribution < -0.4 is 0 Å². The second-order valence-electron chi connectivity index (χ2n) is 7.76. The quantitative estimate of drug-likeness (QED) is 0.824. The van der Waals surface area contributed by atoms with Crippen LogP contribution >= 0.6 is 0 Å². The normalized spacial score (nSPS) is 26.3. The van der Waals surface area contributed by atoms with Crippen molar-refractivity contribution in [3.05, 3.63) is 35.6 Å². The van der Waals surface area contributed by atoms with Gasteiger partial charge in [0.05, 0.1) is 19.1 Å². The van der Waals surface area contributed by atoms with Crippen LogP contribution in [0, 0.1) is 17.2 Å². The van der Waals surface area contributed by atoms with Crippen molar-refractivity contribution in [2.24, 2.45) is 11.3 Å². The molecule has 1 spiro atoms. The Labute approximate surface area is 154 Å². The Morgan fingerprint density at radius 2 is 1.73 bits per heavy atom. The van der Waals surface area contributed by atoms with E-state index in [0.29, 0.717) is 26.3 Å². The molecule has 0 saturated carbocycles. The summed E-state index contributed by atoms with van der Waals surface area (Å²) in [5, 5.41) is 0. The number of likely N-dealkylation sites (tertiary alicyclic amines) is 1. The Bertz CT molecular complexity index is 624. The molecule has 26 heavy (non-hydrogen) atoms. The molecule has 1 atom stereocenters. The number of nitrogens with zero attached hydrogens (tertiary/aromatic N) is 2. The Morgan fingerprint density at radius 3 is 2.42 bits per heavy atom. The average molecular weight is 362 g/mol. The van der Waals surface area contributed by atoms with Crippen molar-refractivity contribution in [1.82, 2.24) is 9.80 Å². The van der Waals surface area contributed by atoms with Crippen molar-refractivity contribution in [2.45, 2.75) is 19.4 Å². The third-order valence-electron chi connectivity index (χ3n) is 6.15. The second kappa shape index (κ2) is 7.62. The Morgan fingerprint density at radius 1 is 1.08 bits per heavy atom. The van der Waals surface area contributed by atoms with E-state index in [0.717, 1.165) is 51.3 Å². The topological polar surface area (TPSA) is 42.0 Å². The molecule has 1 aromatic carbocycles.